The Hall–Kier alpha value is -10.1. The number of amides is 4. The Kier molecular flexibility index (Phi) is 25.7. The van der Waals surface area contributed by atoms with Gasteiger partial charge in [-0.2, -0.15) is 5.10 Å². The lowest BCUT2D eigenvalue weighted by Gasteiger charge is -2.19. The molecule has 6 N–H and O–H groups in total. The van der Waals surface area contributed by atoms with E-state index in [2.05, 4.69) is 122 Å². The molecule has 3 heterocycles. The topological polar surface area (TPSA) is 219 Å². The fourth-order valence-corrected chi connectivity index (χ4v) is 13.8. The highest BCUT2D eigenvalue weighted by molar-refractivity contribution is 6.08. The average Bonchev–Trinajstić information content (AvgIpc) is 1.05. The van der Waals surface area contributed by atoms with Gasteiger partial charge in [0.1, 0.15) is 34.6 Å². The number of aromatic hydroxyl groups is 1. The van der Waals surface area contributed by atoms with Crippen molar-refractivity contribution < 1.29 is 38.5 Å². The van der Waals surface area contributed by atoms with Gasteiger partial charge in [-0.1, -0.05) is 143 Å². The normalized spacial score (nSPS) is 14.2. The second-order valence-corrected chi connectivity index (χ2v) is 30.9. The average molecular weight is 1400 g/mol. The van der Waals surface area contributed by atoms with Crippen molar-refractivity contribution in [1.82, 2.24) is 20.2 Å². The summed E-state index contributed by atoms with van der Waals surface area (Å²) in [7, 11) is 4.86. The number of rotatable bonds is 12. The van der Waals surface area contributed by atoms with E-state index in [0.29, 0.717) is 57.0 Å². The van der Waals surface area contributed by atoms with Crippen LogP contribution in [-0.2, 0) is 67.6 Å². The van der Waals surface area contributed by atoms with Crippen LogP contribution in [0, 0.1) is 0 Å². The molecule has 0 atom stereocenters. The molecule has 6 aromatic carbocycles. The Morgan fingerprint density at radius 3 is 1.05 bits per heavy atom. The van der Waals surface area contributed by atoms with Crippen LogP contribution in [0.15, 0.2) is 146 Å². The number of methoxy groups -OCH3 is 3. The Balaban J connectivity index is 0.000000149. The van der Waals surface area contributed by atoms with Crippen LogP contribution < -0.4 is 35.5 Å². The van der Waals surface area contributed by atoms with E-state index >= 15 is 0 Å². The SMILES string of the molecule is CC(C)(C)c1ccc(NC(=O)c2cc3c(cc2O)CCCCC3)nc1.COc1cc2c(cc1C(=O)Nc1cc(-c3ccccc3)[nH]n1)CCCCC2.COc1cc2c(cc1C(=O)Nc1ccc(C(C)(C)C)cc1)CCCCC2.COc1cc2c(cc1C(=O)Nc1ccc(C(C)(C)C)cn1)CCCCC2. The molecule has 13 rings (SSSR count). The predicted octanol–water partition coefficient (Wildman–Crippen LogP) is 19.6. The highest BCUT2D eigenvalue weighted by atomic mass is 16.5. The largest absolute Gasteiger partial charge is 0.507 e. The van der Waals surface area contributed by atoms with Gasteiger partial charge in [-0.25, -0.2) is 9.97 Å². The van der Waals surface area contributed by atoms with Crippen molar-refractivity contribution in [2.24, 2.45) is 0 Å². The van der Waals surface area contributed by atoms with Crippen LogP contribution in [0.4, 0.5) is 23.1 Å². The lowest BCUT2D eigenvalue weighted by molar-refractivity contribution is 0.101. The monoisotopic (exact) mass is 1400 g/mol. The molecule has 4 amide bonds. The number of phenols is 1. The quantitative estimate of drug-likeness (QED) is 0.0632. The first-order valence-corrected chi connectivity index (χ1v) is 37.2. The fourth-order valence-electron chi connectivity index (χ4n) is 13.8. The molecule has 0 saturated heterocycles. The van der Waals surface area contributed by atoms with Crippen molar-refractivity contribution in [2.75, 3.05) is 42.6 Å². The standard InChI is InChI=1S/C23H29NO2.C22H23N3O2.C22H28N2O2.C21H26N2O2/c1-23(2,3)18-10-12-19(13-11-18)24-22(25)20-14-16-8-6-5-7-9-17(16)15-21(20)26-4;1-27-20-13-17-11-7-3-6-10-16(17)12-18(20)22(26)23-21-14-19(24-25-21)15-8-4-2-5-9-15;1-22(2,3)17-10-11-20(23-14-17)24-21(25)18-12-15-8-6-5-7-9-16(15)13-19(18)26-4;1-21(2,3)16-9-10-19(22-13-16)23-20(25)17-11-14-7-5-4-6-8-15(14)12-18(17)24/h10-15H,5-9H2,1-4H3,(H,24,25);2,4-5,8-9,12-14H,3,6-7,10-11H2,1H3,(H2,23,24,25,26);10-14H,5-9H2,1-4H3,(H,23,24,25);9-13,24H,4-8H2,1-3H3,(H,22,23,25). The van der Waals surface area contributed by atoms with E-state index in [1.807, 2.05) is 109 Å². The molecular weight excluding hydrogens is 1300 g/mol. The van der Waals surface area contributed by atoms with Gasteiger partial charge < -0.3 is 40.6 Å². The molecule has 4 aliphatic rings. The molecule has 4 aliphatic carbocycles. The van der Waals surface area contributed by atoms with Crippen molar-refractivity contribution in [3.8, 4) is 34.3 Å². The van der Waals surface area contributed by atoms with Crippen LogP contribution in [0.25, 0.3) is 11.3 Å². The van der Waals surface area contributed by atoms with Crippen molar-refractivity contribution in [1.29, 1.82) is 0 Å². The minimum atomic E-state index is -0.319. The van der Waals surface area contributed by atoms with Crippen LogP contribution in [0.1, 0.15) is 242 Å². The molecule has 3 aromatic heterocycles. The molecule has 0 bridgehead atoms. The Morgan fingerprint density at radius 1 is 0.365 bits per heavy atom. The summed E-state index contributed by atoms with van der Waals surface area (Å²) in [6.45, 7) is 19.3. The summed E-state index contributed by atoms with van der Waals surface area (Å²) >= 11 is 0. The molecule has 0 fully saturated rings. The molecule has 0 aliphatic heterocycles. The maximum Gasteiger partial charge on any atom is 0.260 e. The maximum absolute atomic E-state index is 12.9. The van der Waals surface area contributed by atoms with Crippen molar-refractivity contribution in [2.45, 2.75) is 207 Å². The lowest BCUT2D eigenvalue weighted by Crippen LogP contribution is -2.16. The molecule has 0 unspecified atom stereocenters. The van der Waals surface area contributed by atoms with Gasteiger partial charge in [0.05, 0.1) is 49.3 Å². The number of ether oxygens (including phenoxy) is 3. The highest BCUT2D eigenvalue weighted by Gasteiger charge is 2.25. The van der Waals surface area contributed by atoms with E-state index < -0.39 is 0 Å². The molecule has 16 nitrogen and oxygen atoms in total. The summed E-state index contributed by atoms with van der Waals surface area (Å²) in [5, 5.41) is 29.1. The molecule has 0 saturated carbocycles. The zero-order valence-corrected chi connectivity index (χ0v) is 63.1. The van der Waals surface area contributed by atoms with Crippen LogP contribution in [0.2, 0.25) is 0 Å². The summed E-state index contributed by atoms with van der Waals surface area (Å²) in [6, 6.07) is 43.2. The molecule has 0 radical (unpaired) electrons. The van der Waals surface area contributed by atoms with E-state index in [1.165, 1.54) is 114 Å². The minimum absolute atomic E-state index is 0.0187. The van der Waals surface area contributed by atoms with Crippen LogP contribution >= 0.6 is 0 Å². The number of nitrogens with zero attached hydrogens (tertiary/aromatic N) is 3. The number of carbonyl (C=O) groups is 4. The second-order valence-electron chi connectivity index (χ2n) is 30.9. The summed E-state index contributed by atoms with van der Waals surface area (Å²) in [5.41, 5.74) is 18.5. The van der Waals surface area contributed by atoms with E-state index in [9.17, 15) is 24.3 Å². The Morgan fingerprint density at radius 2 is 0.692 bits per heavy atom. The number of H-pyrrole nitrogens is 1. The number of anilines is 4. The number of benzene rings is 6. The molecule has 0 spiro atoms. The Bertz CT molecular complexity index is 4290. The van der Waals surface area contributed by atoms with Crippen LogP contribution in [0.3, 0.4) is 0 Å². The third-order valence-electron chi connectivity index (χ3n) is 20.1. The minimum Gasteiger partial charge on any atom is -0.507 e. The molecular formula is C88H106N8O8. The van der Waals surface area contributed by atoms with Gasteiger partial charge in [-0.05, 0) is 259 Å². The van der Waals surface area contributed by atoms with Gasteiger partial charge >= 0.3 is 0 Å². The van der Waals surface area contributed by atoms with Gasteiger partial charge in [0, 0.05) is 24.1 Å². The Labute approximate surface area is 615 Å². The summed E-state index contributed by atoms with van der Waals surface area (Å²) in [5.74, 6) is 2.69. The number of aryl methyl sites for hydroxylation is 8. The first-order chi connectivity index (χ1) is 49.8. The molecule has 104 heavy (non-hydrogen) atoms. The van der Waals surface area contributed by atoms with Gasteiger partial charge in [0.15, 0.2) is 5.82 Å². The predicted molar refractivity (Wildman–Crippen MR) is 419 cm³/mol. The second kappa shape index (κ2) is 34.9. The maximum atomic E-state index is 12.9. The number of fused-ring (bicyclic) bond motifs is 4. The van der Waals surface area contributed by atoms with E-state index in [0.717, 1.165) is 92.3 Å². The van der Waals surface area contributed by atoms with E-state index in [4.69, 9.17) is 14.2 Å². The summed E-state index contributed by atoms with van der Waals surface area (Å²) in [6.07, 6.45) is 26.1. The number of hydrogen-bond donors (Lipinski definition) is 6. The number of hydrogen-bond acceptors (Lipinski definition) is 11. The smallest absolute Gasteiger partial charge is 0.260 e. The first-order valence-electron chi connectivity index (χ1n) is 37.2. The van der Waals surface area contributed by atoms with Gasteiger partial charge in [-0.3, -0.25) is 24.3 Å². The lowest BCUT2D eigenvalue weighted by atomic mass is 9.87. The summed E-state index contributed by atoms with van der Waals surface area (Å²) in [4.78, 5) is 59.8. The molecule has 16 heteroatoms. The molecule has 9 aromatic rings. The number of aromatic amines is 1. The number of pyridine rings is 2. The van der Waals surface area contributed by atoms with Crippen molar-refractivity contribution >= 4 is 46.8 Å². The zero-order valence-electron chi connectivity index (χ0n) is 63.1. The molecule has 546 valence electrons. The third-order valence-corrected chi connectivity index (χ3v) is 20.1. The third kappa shape index (κ3) is 20.4. The van der Waals surface area contributed by atoms with Crippen molar-refractivity contribution in [3.63, 3.8) is 0 Å². The highest BCUT2D eigenvalue weighted by Crippen LogP contribution is 2.35. The van der Waals surface area contributed by atoms with Crippen LogP contribution in [0.5, 0.6) is 23.0 Å². The number of carbonyl (C=O) groups excluding carboxylic acids is 4. The number of nitrogens with one attached hydrogen (secondary N) is 5. The van der Waals surface area contributed by atoms with Gasteiger partial charge in [0.2, 0.25) is 0 Å². The first kappa shape index (κ1) is 76.5. The number of aromatic nitrogens is 4. The van der Waals surface area contributed by atoms with Gasteiger partial charge in [-0.15, -0.1) is 0 Å². The zero-order chi connectivity index (χ0) is 74.1. The van der Waals surface area contributed by atoms with Crippen molar-refractivity contribution in [3.05, 3.63) is 229 Å². The fraction of sp³-hybridized carbons (Fsp3) is 0.398. The number of phenolic OH excluding ortho intramolecular Hbond substituents is 1. The van der Waals surface area contributed by atoms with Gasteiger partial charge in [0.25, 0.3) is 23.6 Å². The summed E-state index contributed by atoms with van der Waals surface area (Å²) < 4.78 is 16.5. The van der Waals surface area contributed by atoms with E-state index in [1.54, 1.807) is 39.7 Å². The van der Waals surface area contributed by atoms with E-state index in [-0.39, 0.29) is 45.6 Å². The van der Waals surface area contributed by atoms with Crippen LogP contribution in [-0.4, -0.2) is 70.2 Å².